The van der Waals surface area contributed by atoms with Gasteiger partial charge in [-0.15, -0.1) is 0 Å². The fourth-order valence-electron chi connectivity index (χ4n) is 3.31. The Bertz CT molecular complexity index is 648. The largest absolute Gasteiger partial charge is 0.394 e. The van der Waals surface area contributed by atoms with E-state index < -0.39 is 24.1 Å². The van der Waals surface area contributed by atoms with Crippen LogP contribution in [-0.2, 0) is 22.5 Å². The Labute approximate surface area is 147 Å². The molecule has 4 atom stereocenters. The zero-order valence-corrected chi connectivity index (χ0v) is 14.0. The van der Waals surface area contributed by atoms with E-state index in [1.54, 1.807) is 0 Å². The van der Waals surface area contributed by atoms with Crippen molar-refractivity contribution in [3.05, 3.63) is 71.8 Å². The van der Waals surface area contributed by atoms with E-state index >= 15 is 0 Å². The van der Waals surface area contributed by atoms with E-state index in [1.165, 1.54) is 0 Å². The minimum absolute atomic E-state index is 0.241. The molecule has 25 heavy (non-hydrogen) atoms. The molecule has 1 aliphatic rings. The Morgan fingerprint density at radius 3 is 2.16 bits per heavy atom. The van der Waals surface area contributed by atoms with Gasteiger partial charge in [-0.05, 0) is 11.1 Å². The lowest BCUT2D eigenvalue weighted by molar-refractivity contribution is -0.296. The first-order valence-electron chi connectivity index (χ1n) is 8.47. The Kier molecular flexibility index (Phi) is 5.83. The van der Waals surface area contributed by atoms with Gasteiger partial charge in [0.15, 0.2) is 6.29 Å². The van der Waals surface area contributed by atoms with Crippen LogP contribution in [0.3, 0.4) is 0 Å². The van der Waals surface area contributed by atoms with Crippen molar-refractivity contribution in [2.45, 2.75) is 43.5 Å². The third-order valence-corrected chi connectivity index (χ3v) is 4.63. The van der Waals surface area contributed by atoms with Crippen molar-refractivity contribution >= 4 is 0 Å². The van der Waals surface area contributed by atoms with Gasteiger partial charge >= 0.3 is 0 Å². The Hall–Kier alpha value is -1.76. The van der Waals surface area contributed by atoms with Crippen LogP contribution in [0.5, 0.6) is 0 Å². The number of hydrogen-bond donors (Lipinski definition) is 3. The van der Waals surface area contributed by atoms with Crippen molar-refractivity contribution in [1.82, 2.24) is 0 Å². The van der Waals surface area contributed by atoms with E-state index in [0.29, 0.717) is 19.4 Å². The lowest BCUT2D eigenvalue weighted by Gasteiger charge is -2.46. The first-order valence-corrected chi connectivity index (χ1v) is 8.47. The fraction of sp³-hybridized carbons (Fsp3) is 0.400. The van der Waals surface area contributed by atoms with Crippen LogP contribution in [-0.4, -0.2) is 46.0 Å². The third kappa shape index (κ3) is 4.26. The molecule has 3 rings (SSSR count). The normalized spacial score (nSPS) is 29.5. The summed E-state index contributed by atoms with van der Waals surface area (Å²) in [7, 11) is 0. The minimum Gasteiger partial charge on any atom is -0.394 e. The second-order valence-electron chi connectivity index (χ2n) is 6.48. The van der Waals surface area contributed by atoms with Gasteiger partial charge < -0.3 is 24.8 Å². The summed E-state index contributed by atoms with van der Waals surface area (Å²) in [5.74, 6) is 0. The number of rotatable bonds is 6. The van der Waals surface area contributed by atoms with Gasteiger partial charge in [-0.3, -0.25) is 0 Å². The van der Waals surface area contributed by atoms with Crippen molar-refractivity contribution in [1.29, 1.82) is 0 Å². The van der Waals surface area contributed by atoms with Crippen LogP contribution < -0.4 is 0 Å². The van der Waals surface area contributed by atoms with E-state index in [-0.39, 0.29) is 6.61 Å². The number of ether oxygens (including phenoxy) is 2. The van der Waals surface area contributed by atoms with Crippen molar-refractivity contribution < 1.29 is 24.8 Å². The van der Waals surface area contributed by atoms with Crippen LogP contribution in [0, 0.1) is 0 Å². The Morgan fingerprint density at radius 1 is 0.960 bits per heavy atom. The van der Waals surface area contributed by atoms with Gasteiger partial charge in [0.1, 0.15) is 11.7 Å². The van der Waals surface area contributed by atoms with E-state index in [4.69, 9.17) is 9.47 Å². The average Bonchev–Trinajstić information content (AvgIpc) is 2.65. The lowest BCUT2D eigenvalue weighted by Crippen LogP contribution is -2.60. The minimum atomic E-state index is -1.40. The van der Waals surface area contributed by atoms with Gasteiger partial charge in [-0.1, -0.05) is 60.7 Å². The van der Waals surface area contributed by atoms with Crippen molar-refractivity contribution in [2.75, 3.05) is 6.61 Å². The molecule has 0 saturated carbocycles. The van der Waals surface area contributed by atoms with E-state index in [9.17, 15) is 15.3 Å². The Balaban J connectivity index is 1.86. The number of hydrogen-bond acceptors (Lipinski definition) is 5. The molecule has 0 radical (unpaired) electrons. The highest BCUT2D eigenvalue weighted by Crippen LogP contribution is 2.36. The van der Waals surface area contributed by atoms with Gasteiger partial charge in [0.2, 0.25) is 0 Å². The molecule has 5 nitrogen and oxygen atoms in total. The summed E-state index contributed by atoms with van der Waals surface area (Å²) in [5, 5.41) is 30.3. The molecule has 2 aromatic carbocycles. The van der Waals surface area contributed by atoms with Crippen LogP contribution >= 0.6 is 0 Å². The van der Waals surface area contributed by atoms with Gasteiger partial charge in [0.05, 0.1) is 19.3 Å². The van der Waals surface area contributed by atoms with Crippen LogP contribution in [0.4, 0.5) is 0 Å². The molecule has 0 unspecified atom stereocenters. The predicted molar refractivity (Wildman–Crippen MR) is 92.7 cm³/mol. The standard InChI is InChI=1S/C20H24O5/c21-13-17-12-20(18(22)19(23)25-17,11-15-7-3-1-4-8-15)24-14-16-9-5-2-6-10-16/h1-10,17-19,21-23H,11-14H2/t17-,18-,19-,20-/m0/s1. The molecule has 1 aliphatic heterocycles. The molecule has 2 aromatic rings. The van der Waals surface area contributed by atoms with E-state index in [2.05, 4.69) is 0 Å². The topological polar surface area (TPSA) is 79.2 Å². The van der Waals surface area contributed by atoms with Gasteiger partial charge in [-0.2, -0.15) is 0 Å². The molecule has 1 heterocycles. The summed E-state index contributed by atoms with van der Waals surface area (Å²) < 4.78 is 11.4. The van der Waals surface area contributed by atoms with Crippen LogP contribution in [0.1, 0.15) is 17.5 Å². The summed E-state index contributed by atoms with van der Waals surface area (Å²) >= 11 is 0. The lowest BCUT2D eigenvalue weighted by atomic mass is 9.81. The summed E-state index contributed by atoms with van der Waals surface area (Å²) in [6.07, 6.45) is -2.48. The highest BCUT2D eigenvalue weighted by Gasteiger charge is 2.49. The summed E-state index contributed by atoms with van der Waals surface area (Å²) in [6.45, 7) is 0.0601. The summed E-state index contributed by atoms with van der Waals surface area (Å²) in [4.78, 5) is 0. The number of aliphatic hydroxyl groups is 3. The molecule has 0 aliphatic carbocycles. The van der Waals surface area contributed by atoms with Crippen LogP contribution in [0.15, 0.2) is 60.7 Å². The predicted octanol–water partition coefficient (Wildman–Crippen LogP) is 1.65. The second kappa shape index (κ2) is 8.08. The Morgan fingerprint density at radius 2 is 1.56 bits per heavy atom. The first kappa shape index (κ1) is 18.0. The molecule has 0 amide bonds. The van der Waals surface area contributed by atoms with E-state index in [1.807, 2.05) is 60.7 Å². The van der Waals surface area contributed by atoms with Crippen LogP contribution in [0.2, 0.25) is 0 Å². The molecule has 1 fully saturated rings. The second-order valence-corrected chi connectivity index (χ2v) is 6.48. The smallest absolute Gasteiger partial charge is 0.184 e. The van der Waals surface area contributed by atoms with Crippen molar-refractivity contribution in [3.8, 4) is 0 Å². The summed E-state index contributed by atoms with van der Waals surface area (Å²) in [6, 6.07) is 19.3. The molecular weight excluding hydrogens is 320 g/mol. The van der Waals surface area contributed by atoms with E-state index in [0.717, 1.165) is 11.1 Å². The highest BCUT2D eigenvalue weighted by molar-refractivity contribution is 5.19. The molecule has 3 N–H and O–H groups in total. The monoisotopic (exact) mass is 344 g/mol. The molecule has 0 bridgehead atoms. The average molecular weight is 344 g/mol. The third-order valence-electron chi connectivity index (χ3n) is 4.63. The molecule has 0 spiro atoms. The van der Waals surface area contributed by atoms with Gasteiger partial charge in [-0.25, -0.2) is 0 Å². The van der Waals surface area contributed by atoms with Crippen LogP contribution in [0.25, 0.3) is 0 Å². The van der Waals surface area contributed by atoms with Crippen molar-refractivity contribution in [3.63, 3.8) is 0 Å². The van der Waals surface area contributed by atoms with Gasteiger partial charge in [0.25, 0.3) is 0 Å². The highest BCUT2D eigenvalue weighted by atomic mass is 16.6. The number of benzene rings is 2. The maximum Gasteiger partial charge on any atom is 0.184 e. The first-order chi connectivity index (χ1) is 12.1. The zero-order chi connectivity index (χ0) is 17.7. The van der Waals surface area contributed by atoms with Gasteiger partial charge in [0, 0.05) is 12.8 Å². The molecule has 0 aromatic heterocycles. The fourth-order valence-corrected chi connectivity index (χ4v) is 3.31. The molecule has 5 heteroatoms. The molecular formula is C20H24O5. The zero-order valence-electron chi connectivity index (χ0n) is 14.0. The van der Waals surface area contributed by atoms with Crippen molar-refractivity contribution in [2.24, 2.45) is 0 Å². The quantitative estimate of drug-likeness (QED) is 0.743. The maximum absolute atomic E-state index is 10.7. The maximum atomic E-state index is 10.7. The molecule has 134 valence electrons. The SMILES string of the molecule is OC[C@@H]1C[C@](Cc2ccccc2)(OCc2ccccc2)[C@@H](O)[C@@H](O)O1. The molecule has 1 saturated heterocycles. The number of aliphatic hydroxyl groups excluding tert-OH is 3. The summed E-state index contributed by atoms with van der Waals surface area (Å²) in [5.41, 5.74) is 0.923.